The number of cyclic esters (lactones) is 1. The average Bonchev–Trinajstić information content (AvgIpc) is 3.35. The van der Waals surface area contributed by atoms with Crippen LogP contribution in [0.5, 0.6) is 5.75 Å². The zero-order valence-corrected chi connectivity index (χ0v) is 22.7. The molecule has 37 heavy (non-hydrogen) atoms. The lowest BCUT2D eigenvalue weighted by Crippen LogP contribution is -2.32. The second-order valence-electron chi connectivity index (χ2n) is 9.86. The van der Waals surface area contributed by atoms with Crippen molar-refractivity contribution in [2.45, 2.75) is 59.8 Å². The molecule has 0 radical (unpaired) electrons. The number of para-hydroxylation sites is 1. The van der Waals surface area contributed by atoms with Crippen molar-refractivity contribution in [2.75, 3.05) is 18.0 Å². The molecule has 1 aliphatic rings. The number of hydrogen-bond acceptors (Lipinski definition) is 4. The molecule has 0 N–H and O–H groups in total. The third-order valence-corrected chi connectivity index (χ3v) is 7.51. The van der Waals surface area contributed by atoms with E-state index in [2.05, 4.69) is 79.6 Å². The summed E-state index contributed by atoms with van der Waals surface area (Å²) in [5.74, 6) is 0.420. The van der Waals surface area contributed by atoms with Crippen LogP contribution in [0.4, 0.5) is 5.69 Å². The van der Waals surface area contributed by atoms with Crippen molar-refractivity contribution in [3.8, 4) is 5.75 Å². The van der Waals surface area contributed by atoms with Gasteiger partial charge in [0.25, 0.3) is 0 Å². The van der Waals surface area contributed by atoms with Gasteiger partial charge in [-0.3, -0.25) is 0 Å². The van der Waals surface area contributed by atoms with E-state index in [4.69, 9.17) is 9.47 Å². The molecule has 4 aromatic rings. The molecule has 1 unspecified atom stereocenters. The van der Waals surface area contributed by atoms with Gasteiger partial charge in [0.1, 0.15) is 5.75 Å². The Balaban J connectivity index is 1.91. The maximum atomic E-state index is 13.5. The van der Waals surface area contributed by atoms with Gasteiger partial charge in [-0.2, -0.15) is 0 Å². The first kappa shape index (κ1) is 24.9. The second-order valence-corrected chi connectivity index (χ2v) is 9.86. The van der Waals surface area contributed by atoms with Crippen molar-refractivity contribution in [2.24, 2.45) is 0 Å². The summed E-state index contributed by atoms with van der Waals surface area (Å²) < 4.78 is 15.4. The zero-order chi connectivity index (χ0) is 26.3. The summed E-state index contributed by atoms with van der Waals surface area (Å²) in [5, 5.41) is 1.08. The van der Waals surface area contributed by atoms with Gasteiger partial charge >= 0.3 is 5.97 Å². The first-order chi connectivity index (χ1) is 17.9. The largest absolute Gasteiger partial charge is 0.490 e. The highest BCUT2D eigenvalue weighted by atomic mass is 16.6. The van der Waals surface area contributed by atoms with Crippen LogP contribution >= 0.6 is 0 Å². The van der Waals surface area contributed by atoms with Crippen LogP contribution in [-0.2, 0) is 16.9 Å². The van der Waals surface area contributed by atoms with Gasteiger partial charge in [-0.25, -0.2) is 4.79 Å². The Morgan fingerprint density at radius 1 is 0.946 bits per heavy atom. The lowest BCUT2D eigenvalue weighted by molar-refractivity contribution is 0.0243. The number of carbonyl (C=O) groups is 1. The molecule has 0 bridgehead atoms. The predicted octanol–water partition coefficient (Wildman–Crippen LogP) is 7.07. The van der Waals surface area contributed by atoms with Crippen LogP contribution in [0.25, 0.3) is 10.9 Å². The van der Waals surface area contributed by atoms with Crippen LogP contribution < -0.4 is 9.64 Å². The third kappa shape index (κ3) is 3.79. The van der Waals surface area contributed by atoms with Gasteiger partial charge in [0.05, 0.1) is 11.7 Å². The van der Waals surface area contributed by atoms with Crippen molar-refractivity contribution < 1.29 is 14.3 Å². The Kier molecular flexibility index (Phi) is 6.49. The number of ether oxygens (including phenoxy) is 2. The minimum Gasteiger partial charge on any atom is -0.490 e. The fraction of sp³-hybridized carbons (Fsp3) is 0.344. The highest BCUT2D eigenvalue weighted by Gasteiger charge is 2.52. The molecule has 1 aliphatic heterocycles. The van der Waals surface area contributed by atoms with Crippen molar-refractivity contribution in [3.63, 3.8) is 0 Å². The molecule has 1 atom stereocenters. The summed E-state index contributed by atoms with van der Waals surface area (Å²) in [5.41, 5.74) is 5.45. The fourth-order valence-corrected chi connectivity index (χ4v) is 5.96. The molecule has 5 heteroatoms. The maximum Gasteiger partial charge on any atom is 0.340 e. The number of benzene rings is 3. The van der Waals surface area contributed by atoms with Gasteiger partial charge in [-0.05, 0) is 65.8 Å². The first-order valence-corrected chi connectivity index (χ1v) is 13.3. The summed E-state index contributed by atoms with van der Waals surface area (Å²) >= 11 is 0. The zero-order valence-electron chi connectivity index (χ0n) is 22.7. The minimum atomic E-state index is -1.14. The van der Waals surface area contributed by atoms with Crippen LogP contribution in [0.15, 0.2) is 66.7 Å². The number of aryl methyl sites for hydroxylation is 1. The molecule has 0 saturated carbocycles. The molecule has 3 aromatic carbocycles. The quantitative estimate of drug-likeness (QED) is 0.245. The molecular formula is C32H36N2O3. The smallest absolute Gasteiger partial charge is 0.340 e. The molecule has 5 rings (SSSR count). The summed E-state index contributed by atoms with van der Waals surface area (Å²) in [4.78, 5) is 15.8. The van der Waals surface area contributed by atoms with Crippen LogP contribution in [-0.4, -0.2) is 29.7 Å². The molecular weight excluding hydrogens is 460 g/mol. The van der Waals surface area contributed by atoms with Crippen molar-refractivity contribution in [3.05, 3.63) is 94.7 Å². The number of anilines is 1. The monoisotopic (exact) mass is 496 g/mol. The summed E-state index contributed by atoms with van der Waals surface area (Å²) in [6, 6.07) is 22.5. The van der Waals surface area contributed by atoms with E-state index in [0.717, 1.165) is 64.4 Å². The highest BCUT2D eigenvalue weighted by molar-refractivity contribution is 5.99. The third-order valence-electron chi connectivity index (χ3n) is 7.51. The van der Waals surface area contributed by atoms with Crippen LogP contribution in [0, 0.1) is 6.92 Å². The Morgan fingerprint density at radius 3 is 2.35 bits per heavy atom. The summed E-state index contributed by atoms with van der Waals surface area (Å²) in [7, 11) is 0. The summed E-state index contributed by atoms with van der Waals surface area (Å²) in [6.07, 6.45) is -0.0480. The van der Waals surface area contributed by atoms with Gasteiger partial charge in [0.15, 0.2) is 5.60 Å². The predicted molar refractivity (Wildman–Crippen MR) is 150 cm³/mol. The second kappa shape index (κ2) is 9.62. The van der Waals surface area contributed by atoms with E-state index in [1.165, 1.54) is 0 Å². The topological polar surface area (TPSA) is 43.7 Å². The summed E-state index contributed by atoms with van der Waals surface area (Å²) in [6.45, 7) is 15.2. The normalized spacial score (nSPS) is 16.8. The number of aromatic nitrogens is 1. The Labute approximate surface area is 219 Å². The lowest BCUT2D eigenvalue weighted by Gasteiger charge is -2.33. The van der Waals surface area contributed by atoms with E-state index in [9.17, 15) is 4.79 Å². The van der Waals surface area contributed by atoms with Crippen molar-refractivity contribution in [1.82, 2.24) is 4.57 Å². The molecule has 0 saturated heterocycles. The molecule has 2 heterocycles. The molecule has 1 aromatic heterocycles. The maximum absolute atomic E-state index is 13.5. The molecule has 0 amide bonds. The van der Waals surface area contributed by atoms with Crippen molar-refractivity contribution in [1.29, 1.82) is 0 Å². The number of rotatable bonds is 8. The number of carbonyl (C=O) groups excluding carboxylic acids is 1. The highest BCUT2D eigenvalue weighted by Crippen LogP contribution is 2.53. The SMILES string of the molecule is CCN(CC)c1ccc(C2(c3c(C)n(CC)c4ccccc34)OC(=O)c3ccccc32)c(OC(C)C)c1. The lowest BCUT2D eigenvalue weighted by atomic mass is 9.78. The Morgan fingerprint density at radius 2 is 1.65 bits per heavy atom. The molecule has 0 spiro atoms. The molecule has 192 valence electrons. The number of hydrogen-bond donors (Lipinski definition) is 0. The van der Waals surface area contributed by atoms with E-state index in [1.54, 1.807) is 0 Å². The van der Waals surface area contributed by atoms with E-state index in [1.807, 2.05) is 38.1 Å². The van der Waals surface area contributed by atoms with E-state index in [-0.39, 0.29) is 12.1 Å². The molecule has 0 aliphatic carbocycles. The Hall–Kier alpha value is -3.73. The van der Waals surface area contributed by atoms with Crippen LogP contribution in [0.1, 0.15) is 67.4 Å². The fourth-order valence-electron chi connectivity index (χ4n) is 5.96. The van der Waals surface area contributed by atoms with E-state index in [0.29, 0.717) is 5.56 Å². The van der Waals surface area contributed by atoms with Crippen molar-refractivity contribution >= 4 is 22.6 Å². The first-order valence-electron chi connectivity index (χ1n) is 13.3. The molecule has 0 fully saturated rings. The van der Waals surface area contributed by atoms with Crippen LogP contribution in [0.2, 0.25) is 0 Å². The Bertz CT molecular complexity index is 1460. The standard InChI is InChI=1S/C32H36N2O3/c1-7-33(8-2)23-18-19-27(29(20-23)36-21(4)5)32(26-16-12-10-14-24(26)31(35)37-32)30-22(6)34(9-3)28-17-13-11-15-25(28)30/h10-21H,7-9H2,1-6H3. The van der Waals surface area contributed by atoms with E-state index >= 15 is 0 Å². The number of nitrogens with zero attached hydrogens (tertiary/aromatic N) is 2. The minimum absolute atomic E-state index is 0.0480. The number of esters is 1. The van der Waals surface area contributed by atoms with E-state index < -0.39 is 5.60 Å². The van der Waals surface area contributed by atoms with Gasteiger partial charge in [0, 0.05) is 64.7 Å². The number of fused-ring (bicyclic) bond motifs is 2. The average molecular weight is 497 g/mol. The van der Waals surface area contributed by atoms with Gasteiger partial charge in [-0.15, -0.1) is 0 Å². The van der Waals surface area contributed by atoms with Crippen LogP contribution in [0.3, 0.4) is 0 Å². The van der Waals surface area contributed by atoms with Gasteiger partial charge < -0.3 is 18.9 Å². The van der Waals surface area contributed by atoms with Gasteiger partial charge in [-0.1, -0.05) is 36.4 Å². The molecule has 5 nitrogen and oxygen atoms in total. The van der Waals surface area contributed by atoms with Gasteiger partial charge in [0.2, 0.25) is 0 Å².